The number of halogens is 1. The second-order valence-corrected chi connectivity index (χ2v) is 6.85. The van der Waals surface area contributed by atoms with Crippen molar-refractivity contribution in [3.63, 3.8) is 0 Å². The second kappa shape index (κ2) is 9.28. The van der Waals surface area contributed by atoms with Crippen LogP contribution in [-0.4, -0.2) is 25.0 Å². The molecule has 0 saturated carbocycles. The van der Waals surface area contributed by atoms with E-state index in [2.05, 4.69) is 6.58 Å². The van der Waals surface area contributed by atoms with Crippen molar-refractivity contribution >= 4 is 35.5 Å². The summed E-state index contributed by atoms with van der Waals surface area (Å²) in [7, 11) is 1.49. The van der Waals surface area contributed by atoms with Gasteiger partial charge >= 0.3 is 6.03 Å². The molecule has 0 unspecified atom stereocenters. The summed E-state index contributed by atoms with van der Waals surface area (Å²) >= 11 is 6.03. The van der Waals surface area contributed by atoms with Crippen molar-refractivity contribution in [2.24, 2.45) is 0 Å². The molecule has 0 radical (unpaired) electrons. The van der Waals surface area contributed by atoms with Crippen molar-refractivity contribution in [1.82, 2.24) is 10.6 Å². The van der Waals surface area contributed by atoms with Gasteiger partial charge in [-0.2, -0.15) is 0 Å². The normalized spacial score (nSPS) is 13.4. The van der Waals surface area contributed by atoms with Crippen molar-refractivity contribution in [3.05, 3.63) is 76.3 Å². The van der Waals surface area contributed by atoms with E-state index in [-0.39, 0.29) is 12.2 Å². The summed E-state index contributed by atoms with van der Waals surface area (Å²) in [5.74, 6) is -0.591. The van der Waals surface area contributed by atoms with Gasteiger partial charge in [0.2, 0.25) is 0 Å². The zero-order valence-corrected chi connectivity index (χ0v) is 16.9. The van der Waals surface area contributed by atoms with Gasteiger partial charge in [-0.1, -0.05) is 29.8 Å². The number of urea groups is 1. The molecule has 1 heterocycles. The third kappa shape index (κ3) is 4.87. The van der Waals surface area contributed by atoms with Gasteiger partial charge in [0.05, 0.1) is 7.11 Å². The predicted molar refractivity (Wildman–Crippen MR) is 112 cm³/mol. The van der Waals surface area contributed by atoms with Gasteiger partial charge in [0.15, 0.2) is 11.5 Å². The molecule has 30 heavy (non-hydrogen) atoms. The molecule has 1 saturated heterocycles. The Labute approximate surface area is 178 Å². The Morgan fingerprint density at radius 2 is 1.83 bits per heavy atom. The monoisotopic (exact) mass is 426 g/mol. The van der Waals surface area contributed by atoms with E-state index in [1.807, 2.05) is 28.8 Å². The number of carbonyl (C=O) groups is 3. The average Bonchev–Trinajstić information content (AvgIpc) is 2.69. The largest absolute Gasteiger partial charge is 0.493 e. The van der Waals surface area contributed by atoms with Crippen molar-refractivity contribution in [1.29, 1.82) is 0 Å². The van der Waals surface area contributed by atoms with E-state index < -0.39 is 17.8 Å². The van der Waals surface area contributed by atoms with E-state index in [1.165, 1.54) is 13.2 Å². The molecule has 1 aliphatic heterocycles. The minimum Gasteiger partial charge on any atom is -0.493 e. The molecule has 0 bridgehead atoms. The van der Waals surface area contributed by atoms with Crippen LogP contribution in [0.25, 0.3) is 6.08 Å². The third-order valence-corrected chi connectivity index (χ3v) is 4.50. The number of hydrogen-bond donors (Lipinski definition) is 2. The number of benzene rings is 2. The molecule has 7 nitrogen and oxygen atoms in total. The number of carbonyl (C=O) groups excluding carboxylic acids is 3. The number of rotatable bonds is 7. The lowest BCUT2D eigenvalue weighted by atomic mass is 10.0. The Hall–Kier alpha value is -3.58. The molecule has 0 aromatic heterocycles. The molecule has 0 atom stereocenters. The van der Waals surface area contributed by atoms with Gasteiger partial charge < -0.3 is 9.47 Å². The highest BCUT2D eigenvalue weighted by Gasteiger charge is 2.28. The maximum atomic E-state index is 12.0. The van der Waals surface area contributed by atoms with Gasteiger partial charge in [-0.3, -0.25) is 20.2 Å². The summed E-state index contributed by atoms with van der Waals surface area (Å²) in [4.78, 5) is 35.2. The first kappa shape index (κ1) is 21.1. The molecule has 154 valence electrons. The minimum absolute atomic E-state index is 0.186. The number of hydrogen-bond acceptors (Lipinski definition) is 5. The van der Waals surface area contributed by atoms with Crippen LogP contribution < -0.4 is 20.1 Å². The van der Waals surface area contributed by atoms with Crippen molar-refractivity contribution < 1.29 is 23.9 Å². The molecule has 1 aliphatic rings. The Morgan fingerprint density at radius 1 is 1.10 bits per heavy atom. The molecule has 2 aromatic carbocycles. The van der Waals surface area contributed by atoms with Gasteiger partial charge in [0.25, 0.3) is 11.8 Å². The van der Waals surface area contributed by atoms with Gasteiger partial charge in [-0.05, 0) is 47.9 Å². The quantitative estimate of drug-likeness (QED) is 0.402. The molecule has 0 spiro atoms. The van der Waals surface area contributed by atoms with Gasteiger partial charge in [0, 0.05) is 10.6 Å². The van der Waals surface area contributed by atoms with Crippen LogP contribution in [-0.2, 0) is 22.6 Å². The summed E-state index contributed by atoms with van der Waals surface area (Å²) in [6, 6.07) is 9.88. The van der Waals surface area contributed by atoms with Crippen LogP contribution in [0.5, 0.6) is 11.5 Å². The second-order valence-electron chi connectivity index (χ2n) is 6.42. The van der Waals surface area contributed by atoms with E-state index in [9.17, 15) is 14.4 Å². The zero-order chi connectivity index (χ0) is 21.7. The predicted octanol–water partition coefficient (Wildman–Crippen LogP) is 3.41. The van der Waals surface area contributed by atoms with Gasteiger partial charge in [0.1, 0.15) is 12.2 Å². The van der Waals surface area contributed by atoms with Crippen molar-refractivity contribution in [3.8, 4) is 11.5 Å². The highest BCUT2D eigenvalue weighted by atomic mass is 35.5. The topological polar surface area (TPSA) is 93.7 Å². The van der Waals surface area contributed by atoms with E-state index >= 15 is 0 Å². The number of amides is 4. The summed E-state index contributed by atoms with van der Waals surface area (Å²) in [5.41, 5.74) is 1.99. The van der Waals surface area contributed by atoms with Crippen LogP contribution in [0.4, 0.5) is 4.79 Å². The Bertz CT molecular complexity index is 1040. The Kier molecular flexibility index (Phi) is 6.54. The zero-order valence-electron chi connectivity index (χ0n) is 16.2. The maximum absolute atomic E-state index is 12.0. The Morgan fingerprint density at radius 3 is 2.47 bits per heavy atom. The fourth-order valence-corrected chi connectivity index (χ4v) is 3.16. The molecule has 4 amide bonds. The van der Waals surface area contributed by atoms with E-state index in [4.69, 9.17) is 21.1 Å². The van der Waals surface area contributed by atoms with Gasteiger partial charge in [-0.25, -0.2) is 4.79 Å². The van der Waals surface area contributed by atoms with E-state index in [0.717, 1.165) is 11.1 Å². The first-order valence-electron chi connectivity index (χ1n) is 8.98. The summed E-state index contributed by atoms with van der Waals surface area (Å²) in [6.07, 6.45) is 3.55. The van der Waals surface area contributed by atoms with Crippen molar-refractivity contribution in [2.75, 3.05) is 7.11 Å². The molecular weight excluding hydrogens is 408 g/mol. The summed E-state index contributed by atoms with van der Waals surface area (Å²) in [5, 5.41) is 4.69. The highest BCUT2D eigenvalue weighted by Crippen LogP contribution is 2.35. The standard InChI is InChI=1S/C22H19ClN2O5/c1-3-5-15-8-14(10-17-20(26)24-22(28)25-21(17)27)11-18(29-2)19(15)30-12-13-6-4-7-16(23)9-13/h3-4,6-11H,1,5,12H2,2H3,(H2,24,25,26,27,28). The lowest BCUT2D eigenvalue weighted by Gasteiger charge is -2.17. The lowest BCUT2D eigenvalue weighted by molar-refractivity contribution is -0.123. The lowest BCUT2D eigenvalue weighted by Crippen LogP contribution is -2.51. The molecular formula is C22H19ClN2O5. The maximum Gasteiger partial charge on any atom is 0.328 e. The first-order chi connectivity index (χ1) is 14.4. The smallest absolute Gasteiger partial charge is 0.328 e. The molecule has 3 rings (SSSR count). The van der Waals surface area contributed by atoms with E-state index in [1.54, 1.807) is 24.3 Å². The van der Waals surface area contributed by atoms with Crippen molar-refractivity contribution in [2.45, 2.75) is 13.0 Å². The Balaban J connectivity index is 1.95. The number of barbiturate groups is 1. The van der Waals surface area contributed by atoms with Gasteiger partial charge in [-0.15, -0.1) is 6.58 Å². The number of nitrogens with one attached hydrogen (secondary N) is 2. The SMILES string of the molecule is C=CCc1cc(C=C2C(=O)NC(=O)NC2=O)cc(OC)c1OCc1cccc(Cl)c1. The van der Waals surface area contributed by atoms with Crippen LogP contribution in [0.15, 0.2) is 54.6 Å². The molecule has 2 aromatic rings. The summed E-state index contributed by atoms with van der Waals surface area (Å²) < 4.78 is 11.5. The molecule has 1 fully saturated rings. The van der Waals surface area contributed by atoms with E-state index in [0.29, 0.717) is 28.5 Å². The number of imide groups is 2. The minimum atomic E-state index is -0.850. The summed E-state index contributed by atoms with van der Waals surface area (Å²) in [6.45, 7) is 4.04. The molecule has 2 N–H and O–H groups in total. The third-order valence-electron chi connectivity index (χ3n) is 4.26. The number of ether oxygens (including phenoxy) is 2. The first-order valence-corrected chi connectivity index (χ1v) is 9.36. The molecule has 8 heteroatoms. The fraction of sp³-hybridized carbons (Fsp3) is 0.136. The number of methoxy groups -OCH3 is 1. The van der Waals surface area contributed by atoms with Crippen LogP contribution in [0.2, 0.25) is 5.02 Å². The van der Waals surface area contributed by atoms with Crippen LogP contribution in [0, 0.1) is 0 Å². The van der Waals surface area contributed by atoms with Crippen LogP contribution >= 0.6 is 11.6 Å². The average molecular weight is 427 g/mol. The molecule has 0 aliphatic carbocycles. The highest BCUT2D eigenvalue weighted by molar-refractivity contribution is 6.31. The number of allylic oxidation sites excluding steroid dienone is 1. The fourth-order valence-electron chi connectivity index (χ4n) is 2.94. The van der Waals surface area contributed by atoms with Crippen LogP contribution in [0.1, 0.15) is 16.7 Å². The van der Waals surface area contributed by atoms with Crippen LogP contribution in [0.3, 0.4) is 0 Å².